The molecule has 1 N–H and O–H groups in total. The topological polar surface area (TPSA) is 96.8 Å². The van der Waals surface area contributed by atoms with Crippen molar-refractivity contribution in [2.75, 3.05) is 6.61 Å². The van der Waals surface area contributed by atoms with Crippen LogP contribution in [-0.2, 0) is 19.1 Å². The highest BCUT2D eigenvalue weighted by Crippen LogP contribution is 2.40. The van der Waals surface area contributed by atoms with Crippen molar-refractivity contribution < 1.29 is 24.2 Å². The molecule has 0 bridgehead atoms. The summed E-state index contributed by atoms with van der Waals surface area (Å²) in [5.41, 5.74) is 0.972. The molecule has 1 fully saturated rings. The third-order valence-corrected chi connectivity index (χ3v) is 4.54. The van der Waals surface area contributed by atoms with E-state index in [9.17, 15) is 19.5 Å². The number of nitrogens with zero attached hydrogens (tertiary/aromatic N) is 2. The van der Waals surface area contributed by atoms with Crippen LogP contribution in [0.2, 0.25) is 0 Å². The van der Waals surface area contributed by atoms with Gasteiger partial charge in [-0.15, -0.1) is 11.3 Å². The molecule has 1 amide bonds. The van der Waals surface area contributed by atoms with E-state index in [1.165, 1.54) is 23.2 Å². The van der Waals surface area contributed by atoms with Crippen LogP contribution in [-0.4, -0.2) is 45.5 Å². The zero-order valence-electron chi connectivity index (χ0n) is 12.3. The van der Waals surface area contributed by atoms with Gasteiger partial charge in [0.15, 0.2) is 0 Å². The predicted octanol–water partition coefficient (Wildman–Crippen LogP) is 1.43. The van der Waals surface area contributed by atoms with Crippen molar-refractivity contribution in [1.82, 2.24) is 9.88 Å². The van der Waals surface area contributed by atoms with Crippen LogP contribution in [0.25, 0.3) is 6.08 Å². The number of fused-ring (bicyclic) bond motifs is 1. The van der Waals surface area contributed by atoms with E-state index >= 15 is 0 Å². The fraction of sp³-hybridized carbons (Fsp3) is 0.333. The van der Waals surface area contributed by atoms with Gasteiger partial charge < -0.3 is 9.84 Å². The van der Waals surface area contributed by atoms with Crippen molar-refractivity contribution in [2.24, 2.45) is 0 Å². The molecule has 0 spiro atoms. The molecule has 8 heteroatoms. The Balaban J connectivity index is 1.88. The Bertz CT molecular complexity index is 735. The standard InChI is InChI=1S/C15H14N2O5S/c1-8(18)22-7-9-2-3-11-10(6-12-16-4-5-23-12)14(19)17(11)13(9)15(20)21/h4-6,11H,2-3,7H2,1H3,(H,20,21)/b10-6+. The van der Waals surface area contributed by atoms with Gasteiger partial charge in [0.1, 0.15) is 17.3 Å². The molecular formula is C15H14N2O5S. The molecule has 7 nitrogen and oxygen atoms in total. The Kier molecular flexibility index (Phi) is 3.99. The minimum atomic E-state index is -1.18. The first-order valence-corrected chi connectivity index (χ1v) is 7.90. The predicted molar refractivity (Wildman–Crippen MR) is 81.3 cm³/mol. The number of esters is 1. The maximum atomic E-state index is 12.4. The molecule has 3 heterocycles. The van der Waals surface area contributed by atoms with Crippen LogP contribution >= 0.6 is 11.3 Å². The van der Waals surface area contributed by atoms with E-state index < -0.39 is 11.9 Å². The molecule has 1 atom stereocenters. The summed E-state index contributed by atoms with van der Waals surface area (Å²) in [6.07, 6.45) is 4.44. The lowest BCUT2D eigenvalue weighted by Gasteiger charge is -2.46. The zero-order chi connectivity index (χ0) is 16.6. The highest BCUT2D eigenvalue weighted by molar-refractivity contribution is 7.10. The van der Waals surface area contributed by atoms with E-state index in [4.69, 9.17) is 4.74 Å². The van der Waals surface area contributed by atoms with E-state index in [2.05, 4.69) is 4.98 Å². The fourth-order valence-electron chi connectivity index (χ4n) is 2.82. The molecule has 0 saturated carbocycles. The Morgan fingerprint density at radius 1 is 1.57 bits per heavy atom. The van der Waals surface area contributed by atoms with Crippen LogP contribution in [0.1, 0.15) is 24.8 Å². The number of hydrogen-bond donors (Lipinski definition) is 1. The molecule has 1 aromatic rings. The molecule has 2 aliphatic heterocycles. The van der Waals surface area contributed by atoms with Crippen LogP contribution in [0.5, 0.6) is 0 Å². The number of amides is 1. The Hall–Kier alpha value is -2.48. The fourth-order valence-corrected chi connectivity index (χ4v) is 3.40. The molecule has 2 aliphatic rings. The van der Waals surface area contributed by atoms with Crippen LogP contribution in [0.4, 0.5) is 0 Å². The minimum absolute atomic E-state index is 0.0659. The van der Waals surface area contributed by atoms with Crippen molar-refractivity contribution >= 4 is 35.3 Å². The van der Waals surface area contributed by atoms with Crippen molar-refractivity contribution in [3.05, 3.63) is 33.4 Å². The maximum Gasteiger partial charge on any atom is 0.352 e. The lowest BCUT2D eigenvalue weighted by Crippen LogP contribution is -2.57. The van der Waals surface area contributed by atoms with Gasteiger partial charge in [-0.3, -0.25) is 14.5 Å². The van der Waals surface area contributed by atoms with Crippen molar-refractivity contribution in [1.29, 1.82) is 0 Å². The molecule has 0 aromatic carbocycles. The number of carboxylic acids is 1. The summed E-state index contributed by atoms with van der Waals surface area (Å²) in [6.45, 7) is 1.16. The first-order valence-electron chi connectivity index (χ1n) is 7.02. The summed E-state index contributed by atoms with van der Waals surface area (Å²) in [4.78, 5) is 40.2. The number of ether oxygens (including phenoxy) is 1. The average Bonchev–Trinajstić information content (AvgIpc) is 3.02. The summed E-state index contributed by atoms with van der Waals surface area (Å²) in [7, 11) is 0. The molecule has 1 saturated heterocycles. The maximum absolute atomic E-state index is 12.4. The van der Waals surface area contributed by atoms with Gasteiger partial charge in [-0.25, -0.2) is 9.78 Å². The lowest BCUT2D eigenvalue weighted by molar-refractivity contribution is -0.145. The number of carbonyl (C=O) groups is 3. The number of carbonyl (C=O) groups excluding carboxylic acids is 2. The van der Waals surface area contributed by atoms with E-state index in [1.807, 2.05) is 5.38 Å². The van der Waals surface area contributed by atoms with Crippen LogP contribution in [0.3, 0.4) is 0 Å². The second-order valence-electron chi connectivity index (χ2n) is 5.24. The largest absolute Gasteiger partial charge is 0.477 e. The lowest BCUT2D eigenvalue weighted by atomic mass is 9.83. The Morgan fingerprint density at radius 3 is 2.96 bits per heavy atom. The molecule has 23 heavy (non-hydrogen) atoms. The van der Waals surface area contributed by atoms with Crippen LogP contribution < -0.4 is 0 Å². The van der Waals surface area contributed by atoms with Crippen molar-refractivity contribution in [3.63, 3.8) is 0 Å². The second-order valence-corrected chi connectivity index (χ2v) is 6.16. The monoisotopic (exact) mass is 334 g/mol. The summed E-state index contributed by atoms with van der Waals surface area (Å²) < 4.78 is 4.90. The number of aromatic nitrogens is 1. The first kappa shape index (κ1) is 15.4. The Morgan fingerprint density at radius 2 is 2.35 bits per heavy atom. The van der Waals surface area contributed by atoms with Gasteiger partial charge in [0.2, 0.25) is 0 Å². The third kappa shape index (κ3) is 2.77. The van der Waals surface area contributed by atoms with Gasteiger partial charge in [-0.05, 0) is 24.5 Å². The van der Waals surface area contributed by atoms with Gasteiger partial charge in [0.05, 0.1) is 6.04 Å². The molecule has 120 valence electrons. The van der Waals surface area contributed by atoms with Gasteiger partial charge in [-0.2, -0.15) is 0 Å². The smallest absolute Gasteiger partial charge is 0.352 e. The quantitative estimate of drug-likeness (QED) is 0.508. The molecule has 3 rings (SSSR count). The normalized spacial score (nSPS) is 22.0. The highest BCUT2D eigenvalue weighted by atomic mass is 32.1. The average molecular weight is 334 g/mol. The number of rotatable bonds is 4. The third-order valence-electron chi connectivity index (χ3n) is 3.81. The zero-order valence-corrected chi connectivity index (χ0v) is 13.1. The van der Waals surface area contributed by atoms with Gasteiger partial charge >= 0.3 is 11.9 Å². The molecule has 1 aromatic heterocycles. The number of thiazole rings is 1. The SMILES string of the molecule is CC(=O)OCC1=C(C(=O)O)N2C(=O)/C(=C/c3nccs3)C2CC1. The summed E-state index contributed by atoms with van der Waals surface area (Å²) in [5.74, 6) is -2.00. The number of hydrogen-bond acceptors (Lipinski definition) is 6. The van der Waals surface area contributed by atoms with Gasteiger partial charge in [0, 0.05) is 24.1 Å². The summed E-state index contributed by atoms with van der Waals surface area (Å²) in [5, 5.41) is 12.0. The van der Waals surface area contributed by atoms with E-state index in [0.29, 0.717) is 24.0 Å². The Labute approximate surface area is 135 Å². The second kappa shape index (κ2) is 5.96. The van der Waals surface area contributed by atoms with Gasteiger partial charge in [-0.1, -0.05) is 0 Å². The van der Waals surface area contributed by atoms with Crippen molar-refractivity contribution in [3.8, 4) is 0 Å². The van der Waals surface area contributed by atoms with Crippen LogP contribution in [0, 0.1) is 0 Å². The number of carboxylic acid groups (broad SMARTS) is 1. The number of β-lactam (4-membered cyclic amide) rings is 1. The van der Waals surface area contributed by atoms with E-state index in [1.54, 1.807) is 12.3 Å². The highest BCUT2D eigenvalue weighted by Gasteiger charge is 2.48. The van der Waals surface area contributed by atoms with Crippen molar-refractivity contribution in [2.45, 2.75) is 25.8 Å². The summed E-state index contributed by atoms with van der Waals surface area (Å²) in [6, 6.07) is -0.251. The first-order chi connectivity index (χ1) is 11.0. The molecule has 0 radical (unpaired) electrons. The van der Waals surface area contributed by atoms with Gasteiger partial charge in [0.25, 0.3) is 5.91 Å². The van der Waals surface area contributed by atoms with E-state index in [0.717, 1.165) is 5.01 Å². The molecule has 1 unspecified atom stereocenters. The summed E-state index contributed by atoms with van der Waals surface area (Å²) >= 11 is 1.42. The molecular weight excluding hydrogens is 320 g/mol. The van der Waals surface area contributed by atoms with E-state index in [-0.39, 0.29) is 24.3 Å². The molecule has 0 aliphatic carbocycles. The number of aliphatic carboxylic acids is 1. The van der Waals surface area contributed by atoms with Crippen LogP contribution in [0.15, 0.2) is 28.4 Å². The minimum Gasteiger partial charge on any atom is -0.477 e.